The molecule has 3 rings (SSSR count). The highest BCUT2D eigenvalue weighted by molar-refractivity contribution is 5.69. The molecule has 1 aliphatic heterocycles. The van der Waals surface area contributed by atoms with Gasteiger partial charge in [-0.15, -0.1) is 0 Å². The monoisotopic (exact) mass is 281 g/mol. The van der Waals surface area contributed by atoms with Gasteiger partial charge in [0.25, 0.3) is 0 Å². The number of morpholine rings is 1. The molecule has 1 saturated heterocycles. The van der Waals surface area contributed by atoms with E-state index in [9.17, 15) is 0 Å². The summed E-state index contributed by atoms with van der Waals surface area (Å²) in [4.78, 5) is 0. The van der Waals surface area contributed by atoms with Gasteiger partial charge in [-0.25, -0.2) is 4.57 Å². The third-order valence-corrected chi connectivity index (χ3v) is 3.71. The highest BCUT2D eigenvalue weighted by Gasteiger charge is 2.14. The van der Waals surface area contributed by atoms with Crippen molar-refractivity contribution in [1.82, 2.24) is 5.32 Å². The molecule has 3 nitrogen and oxygen atoms in total. The molecule has 1 atom stereocenters. The Hall–Kier alpha value is -1.97. The molecule has 0 bridgehead atoms. The van der Waals surface area contributed by atoms with E-state index in [1.807, 2.05) is 11.6 Å². The standard InChI is InChI=1S/C18H21N2O/c1-20-11-8-16(9-12-20)3-2-15-4-6-17(7-5-15)18-14-19-10-13-21-18/h2-9,11-12,18-19H,10,13-14H2,1H3/q+1. The van der Waals surface area contributed by atoms with Crippen molar-refractivity contribution in [2.24, 2.45) is 7.05 Å². The summed E-state index contributed by atoms with van der Waals surface area (Å²) in [6.07, 6.45) is 8.56. The van der Waals surface area contributed by atoms with Gasteiger partial charge in [0.1, 0.15) is 7.05 Å². The van der Waals surface area contributed by atoms with Crippen LogP contribution in [-0.4, -0.2) is 19.7 Å². The van der Waals surface area contributed by atoms with Gasteiger partial charge in [-0.3, -0.25) is 0 Å². The van der Waals surface area contributed by atoms with Crippen LogP contribution < -0.4 is 9.88 Å². The lowest BCUT2D eigenvalue weighted by Gasteiger charge is -2.23. The molecule has 0 amide bonds. The summed E-state index contributed by atoms with van der Waals surface area (Å²) in [6.45, 7) is 2.64. The second kappa shape index (κ2) is 6.66. The van der Waals surface area contributed by atoms with Gasteiger partial charge in [0.05, 0.1) is 12.7 Å². The Bertz CT molecular complexity index is 596. The Morgan fingerprint density at radius 2 is 1.71 bits per heavy atom. The fraction of sp³-hybridized carbons (Fsp3) is 0.278. The van der Waals surface area contributed by atoms with Crippen LogP contribution in [0.25, 0.3) is 12.2 Å². The summed E-state index contributed by atoms with van der Waals surface area (Å²) in [5.41, 5.74) is 3.65. The summed E-state index contributed by atoms with van der Waals surface area (Å²) < 4.78 is 7.79. The van der Waals surface area contributed by atoms with E-state index in [4.69, 9.17) is 4.74 Å². The zero-order chi connectivity index (χ0) is 14.5. The molecule has 1 unspecified atom stereocenters. The fourth-order valence-electron chi connectivity index (χ4n) is 2.42. The van der Waals surface area contributed by atoms with Gasteiger partial charge in [-0.05, 0) is 16.7 Å². The minimum atomic E-state index is 0.186. The second-order valence-corrected chi connectivity index (χ2v) is 5.36. The Labute approximate surface area is 125 Å². The van der Waals surface area contributed by atoms with Crippen LogP contribution in [0.4, 0.5) is 0 Å². The highest BCUT2D eigenvalue weighted by atomic mass is 16.5. The van der Waals surface area contributed by atoms with Crippen molar-refractivity contribution < 1.29 is 9.30 Å². The Morgan fingerprint density at radius 1 is 1.05 bits per heavy atom. The number of rotatable bonds is 3. The van der Waals surface area contributed by atoms with Crippen molar-refractivity contribution in [3.05, 3.63) is 65.5 Å². The molecule has 0 aliphatic carbocycles. The zero-order valence-corrected chi connectivity index (χ0v) is 12.3. The molecular weight excluding hydrogens is 260 g/mol. The predicted octanol–water partition coefficient (Wildman–Crippen LogP) is 2.34. The van der Waals surface area contributed by atoms with Crippen molar-refractivity contribution >= 4 is 12.2 Å². The van der Waals surface area contributed by atoms with Crippen LogP contribution in [0.5, 0.6) is 0 Å². The number of nitrogens with zero attached hydrogens (tertiary/aromatic N) is 1. The fourth-order valence-corrected chi connectivity index (χ4v) is 2.42. The maximum absolute atomic E-state index is 5.76. The zero-order valence-electron chi connectivity index (χ0n) is 12.3. The quantitative estimate of drug-likeness (QED) is 0.874. The molecule has 1 aromatic carbocycles. The van der Waals surface area contributed by atoms with E-state index < -0.39 is 0 Å². The largest absolute Gasteiger partial charge is 0.371 e. The molecule has 1 fully saturated rings. The molecule has 1 aliphatic rings. The van der Waals surface area contributed by atoms with Gasteiger partial charge in [-0.1, -0.05) is 36.4 Å². The lowest BCUT2D eigenvalue weighted by Crippen LogP contribution is -2.33. The molecule has 1 N–H and O–H groups in total. The maximum Gasteiger partial charge on any atom is 0.169 e. The van der Waals surface area contributed by atoms with E-state index in [1.165, 1.54) is 16.7 Å². The number of ether oxygens (including phenoxy) is 1. The Balaban J connectivity index is 1.67. The molecule has 2 aromatic rings. The van der Waals surface area contributed by atoms with Crippen LogP contribution in [0.3, 0.4) is 0 Å². The van der Waals surface area contributed by atoms with Gasteiger partial charge < -0.3 is 10.1 Å². The first-order chi connectivity index (χ1) is 10.3. The van der Waals surface area contributed by atoms with E-state index in [-0.39, 0.29) is 6.10 Å². The van der Waals surface area contributed by atoms with Crippen LogP contribution in [0, 0.1) is 0 Å². The average Bonchev–Trinajstić information content (AvgIpc) is 2.56. The average molecular weight is 281 g/mol. The third kappa shape index (κ3) is 3.78. The number of benzene rings is 1. The topological polar surface area (TPSA) is 25.1 Å². The molecule has 1 aromatic heterocycles. The van der Waals surface area contributed by atoms with E-state index in [2.05, 4.69) is 66.3 Å². The minimum absolute atomic E-state index is 0.186. The van der Waals surface area contributed by atoms with E-state index in [1.54, 1.807) is 0 Å². The SMILES string of the molecule is C[n+]1ccc(C=Cc2ccc(C3CNCCO3)cc2)cc1. The summed E-state index contributed by atoms with van der Waals surface area (Å²) in [6, 6.07) is 12.8. The van der Waals surface area contributed by atoms with Gasteiger partial charge in [-0.2, -0.15) is 0 Å². The number of hydrogen-bond acceptors (Lipinski definition) is 2. The summed E-state index contributed by atoms with van der Waals surface area (Å²) in [5, 5.41) is 3.36. The first-order valence-electron chi connectivity index (χ1n) is 7.37. The summed E-state index contributed by atoms with van der Waals surface area (Å²) >= 11 is 0. The predicted molar refractivity (Wildman–Crippen MR) is 84.6 cm³/mol. The van der Waals surface area contributed by atoms with Crippen molar-refractivity contribution in [1.29, 1.82) is 0 Å². The molecule has 108 valence electrons. The van der Waals surface area contributed by atoms with E-state index in [0.717, 1.165) is 19.7 Å². The molecule has 0 spiro atoms. The second-order valence-electron chi connectivity index (χ2n) is 5.36. The number of aryl methyl sites for hydroxylation is 1. The molecule has 21 heavy (non-hydrogen) atoms. The number of aromatic nitrogens is 1. The molecular formula is C18H21N2O+. The third-order valence-electron chi connectivity index (χ3n) is 3.71. The first kappa shape index (κ1) is 14.0. The van der Waals surface area contributed by atoms with Crippen molar-refractivity contribution in [3.8, 4) is 0 Å². The lowest BCUT2D eigenvalue weighted by molar-refractivity contribution is -0.671. The Kier molecular flexibility index (Phi) is 4.43. The van der Waals surface area contributed by atoms with Gasteiger partial charge in [0.2, 0.25) is 0 Å². The highest BCUT2D eigenvalue weighted by Crippen LogP contribution is 2.19. The number of hydrogen-bond donors (Lipinski definition) is 1. The molecule has 2 heterocycles. The van der Waals surface area contributed by atoms with Crippen LogP contribution >= 0.6 is 0 Å². The summed E-state index contributed by atoms with van der Waals surface area (Å²) in [5.74, 6) is 0. The molecule has 0 radical (unpaired) electrons. The summed E-state index contributed by atoms with van der Waals surface area (Å²) in [7, 11) is 2.02. The molecule has 3 heteroatoms. The van der Waals surface area contributed by atoms with Crippen LogP contribution in [0.1, 0.15) is 22.8 Å². The van der Waals surface area contributed by atoms with Gasteiger partial charge in [0, 0.05) is 25.2 Å². The lowest BCUT2D eigenvalue weighted by atomic mass is 10.1. The van der Waals surface area contributed by atoms with E-state index >= 15 is 0 Å². The van der Waals surface area contributed by atoms with Gasteiger partial charge >= 0.3 is 0 Å². The first-order valence-corrected chi connectivity index (χ1v) is 7.37. The number of pyridine rings is 1. The van der Waals surface area contributed by atoms with Gasteiger partial charge in [0.15, 0.2) is 12.4 Å². The maximum atomic E-state index is 5.76. The van der Waals surface area contributed by atoms with E-state index in [0.29, 0.717) is 0 Å². The van der Waals surface area contributed by atoms with Crippen molar-refractivity contribution in [2.75, 3.05) is 19.7 Å². The number of nitrogens with one attached hydrogen (secondary N) is 1. The van der Waals surface area contributed by atoms with Crippen molar-refractivity contribution in [2.45, 2.75) is 6.10 Å². The van der Waals surface area contributed by atoms with Crippen LogP contribution in [0.15, 0.2) is 48.8 Å². The smallest absolute Gasteiger partial charge is 0.169 e. The Morgan fingerprint density at radius 3 is 2.33 bits per heavy atom. The normalized spacial score (nSPS) is 19.0. The van der Waals surface area contributed by atoms with Crippen molar-refractivity contribution in [3.63, 3.8) is 0 Å². The van der Waals surface area contributed by atoms with Crippen LogP contribution in [-0.2, 0) is 11.8 Å². The molecule has 0 saturated carbocycles. The minimum Gasteiger partial charge on any atom is -0.371 e. The van der Waals surface area contributed by atoms with Crippen LogP contribution in [0.2, 0.25) is 0 Å².